The van der Waals surface area contributed by atoms with Gasteiger partial charge in [0.05, 0.1) is 12.2 Å². The molecular weight excluding hydrogens is 400 g/mol. The van der Waals surface area contributed by atoms with Crippen LogP contribution in [0.5, 0.6) is 0 Å². The molecule has 4 aliphatic carbocycles. The van der Waals surface area contributed by atoms with E-state index in [1.807, 2.05) is 0 Å². The van der Waals surface area contributed by atoms with Gasteiger partial charge in [-0.3, -0.25) is 4.79 Å². The maximum atomic E-state index is 11.9. The largest absolute Gasteiger partial charge is 0.481 e. The van der Waals surface area contributed by atoms with Gasteiger partial charge in [-0.15, -0.1) is 6.58 Å². The van der Waals surface area contributed by atoms with E-state index in [9.17, 15) is 20.1 Å². The predicted molar refractivity (Wildman–Crippen MR) is 127 cm³/mol. The smallest absolute Gasteiger partial charge is 0.303 e. The summed E-state index contributed by atoms with van der Waals surface area (Å²) in [5.74, 6) is 2.22. The molecule has 4 rings (SSSR count). The lowest BCUT2D eigenvalue weighted by Gasteiger charge is -2.65. The number of aliphatic carboxylic acids is 1. The van der Waals surface area contributed by atoms with Crippen LogP contribution in [0.15, 0.2) is 12.2 Å². The second-order valence-corrected chi connectivity index (χ2v) is 12.8. The molecule has 0 aromatic rings. The number of carboxylic acids is 1. The van der Waals surface area contributed by atoms with Crippen LogP contribution >= 0.6 is 0 Å². The Labute approximate surface area is 194 Å². The Hall–Kier alpha value is -0.870. The molecule has 0 amide bonds. The van der Waals surface area contributed by atoms with Crippen molar-refractivity contribution in [1.82, 2.24) is 0 Å². The number of hydrogen-bond donors (Lipinski definition) is 3. The van der Waals surface area contributed by atoms with Crippen LogP contribution in [0.1, 0.15) is 91.9 Å². The SMILES string of the molecule is C=C(C)CC1C2C[C@H](O)CC[C@]2(C)C2CC[C@@]3(C)C(CCC3[C@H](C)CCC(=O)O)C2[C@@H]1O. The molecule has 4 saturated carbocycles. The van der Waals surface area contributed by atoms with Gasteiger partial charge in [0.15, 0.2) is 0 Å². The highest BCUT2D eigenvalue weighted by molar-refractivity contribution is 5.66. The maximum Gasteiger partial charge on any atom is 0.303 e. The molecule has 182 valence electrons. The minimum atomic E-state index is -0.691. The van der Waals surface area contributed by atoms with Gasteiger partial charge >= 0.3 is 5.97 Å². The Balaban J connectivity index is 1.64. The fourth-order valence-corrected chi connectivity index (χ4v) is 9.62. The minimum absolute atomic E-state index is 0.192. The van der Waals surface area contributed by atoms with E-state index in [1.54, 1.807) is 0 Å². The number of carbonyl (C=O) groups is 1. The lowest BCUT2D eigenvalue weighted by molar-refractivity contribution is -0.202. The number of fused-ring (bicyclic) bond motifs is 5. The van der Waals surface area contributed by atoms with Crippen molar-refractivity contribution in [2.45, 2.75) is 104 Å². The Kier molecular flexibility index (Phi) is 6.62. The number of carboxylic acid groups (broad SMARTS) is 1. The first kappa shape index (κ1) is 24.3. The molecule has 0 aromatic carbocycles. The topological polar surface area (TPSA) is 77.8 Å². The van der Waals surface area contributed by atoms with Crippen molar-refractivity contribution < 1.29 is 20.1 Å². The summed E-state index contributed by atoms with van der Waals surface area (Å²) in [5.41, 5.74) is 1.53. The summed E-state index contributed by atoms with van der Waals surface area (Å²) < 4.78 is 0. The molecule has 4 heteroatoms. The summed E-state index contributed by atoms with van der Waals surface area (Å²) >= 11 is 0. The van der Waals surface area contributed by atoms with Gasteiger partial charge < -0.3 is 15.3 Å². The molecule has 6 unspecified atom stereocenters. The Morgan fingerprint density at radius 3 is 2.34 bits per heavy atom. The highest BCUT2D eigenvalue weighted by atomic mass is 16.4. The van der Waals surface area contributed by atoms with Crippen molar-refractivity contribution in [3.05, 3.63) is 12.2 Å². The molecule has 4 fully saturated rings. The van der Waals surface area contributed by atoms with Crippen LogP contribution in [0, 0.1) is 52.3 Å². The molecule has 3 N–H and O–H groups in total. The van der Waals surface area contributed by atoms with E-state index in [0.717, 1.165) is 37.7 Å². The van der Waals surface area contributed by atoms with E-state index in [2.05, 4.69) is 34.3 Å². The molecule has 0 radical (unpaired) electrons. The molecule has 0 aromatic heterocycles. The van der Waals surface area contributed by atoms with E-state index in [1.165, 1.54) is 25.7 Å². The third-order valence-electron chi connectivity index (χ3n) is 11.1. The van der Waals surface area contributed by atoms with Crippen LogP contribution in [0.25, 0.3) is 0 Å². The number of allylic oxidation sites excluding steroid dienone is 1. The molecule has 32 heavy (non-hydrogen) atoms. The van der Waals surface area contributed by atoms with Crippen LogP contribution in [-0.2, 0) is 4.79 Å². The van der Waals surface area contributed by atoms with Crippen LogP contribution < -0.4 is 0 Å². The number of rotatable bonds is 6. The normalized spacial score (nSPS) is 48.9. The van der Waals surface area contributed by atoms with Gasteiger partial charge in [0.1, 0.15) is 0 Å². The fourth-order valence-electron chi connectivity index (χ4n) is 9.62. The average Bonchev–Trinajstić information content (AvgIpc) is 3.07. The summed E-state index contributed by atoms with van der Waals surface area (Å²) in [6.07, 6.45) is 8.81. The fraction of sp³-hybridized carbons (Fsp3) is 0.893. The predicted octanol–water partition coefficient (Wildman–Crippen LogP) is 5.67. The highest BCUT2D eigenvalue weighted by Crippen LogP contribution is 2.69. The number of hydrogen-bond acceptors (Lipinski definition) is 3. The average molecular weight is 447 g/mol. The second-order valence-electron chi connectivity index (χ2n) is 12.8. The highest BCUT2D eigenvalue weighted by Gasteiger charge is 2.65. The number of aliphatic hydroxyl groups is 2. The van der Waals surface area contributed by atoms with Gasteiger partial charge in [-0.2, -0.15) is 0 Å². The van der Waals surface area contributed by atoms with E-state index < -0.39 is 5.97 Å². The van der Waals surface area contributed by atoms with E-state index in [0.29, 0.717) is 35.5 Å². The lowest BCUT2D eigenvalue weighted by atomic mass is 9.41. The first-order valence-corrected chi connectivity index (χ1v) is 13.2. The standard InChI is InChI=1S/C28H46O4/c1-16(2)14-19-23-15-18(29)10-12-28(23,5)22-11-13-27(4)20(17(3)6-9-24(30)31)7-8-21(27)25(22)26(19)32/h17-23,25-26,29,32H,1,6-15H2,2-5H3,(H,30,31)/t17-,18-,19?,20?,21?,22?,23?,25?,26-,27-,28-/m1/s1. The molecule has 4 aliphatic rings. The van der Waals surface area contributed by atoms with Gasteiger partial charge in [-0.25, -0.2) is 0 Å². The first-order chi connectivity index (χ1) is 15.0. The van der Waals surface area contributed by atoms with Gasteiger partial charge in [-0.05, 0) is 117 Å². The zero-order valence-electron chi connectivity index (χ0n) is 20.7. The Bertz CT molecular complexity index is 733. The minimum Gasteiger partial charge on any atom is -0.481 e. The van der Waals surface area contributed by atoms with Crippen molar-refractivity contribution in [2.24, 2.45) is 52.3 Å². The molecule has 11 atom stereocenters. The van der Waals surface area contributed by atoms with Crippen LogP contribution in [0.2, 0.25) is 0 Å². The van der Waals surface area contributed by atoms with Gasteiger partial charge in [0, 0.05) is 6.42 Å². The zero-order valence-corrected chi connectivity index (χ0v) is 20.7. The van der Waals surface area contributed by atoms with Gasteiger partial charge in [-0.1, -0.05) is 26.3 Å². The summed E-state index contributed by atoms with van der Waals surface area (Å²) in [5, 5.41) is 31.6. The van der Waals surface area contributed by atoms with Gasteiger partial charge in [0.25, 0.3) is 0 Å². The molecule has 0 heterocycles. The first-order valence-electron chi connectivity index (χ1n) is 13.2. The molecule has 0 aliphatic heterocycles. The van der Waals surface area contributed by atoms with E-state index in [4.69, 9.17) is 0 Å². The monoisotopic (exact) mass is 446 g/mol. The lowest BCUT2D eigenvalue weighted by Crippen LogP contribution is -2.62. The maximum absolute atomic E-state index is 11.9. The van der Waals surface area contributed by atoms with Crippen molar-refractivity contribution in [3.63, 3.8) is 0 Å². The van der Waals surface area contributed by atoms with Gasteiger partial charge in [0.2, 0.25) is 0 Å². The summed E-state index contributed by atoms with van der Waals surface area (Å²) in [7, 11) is 0. The van der Waals surface area contributed by atoms with Crippen LogP contribution in [0.3, 0.4) is 0 Å². The van der Waals surface area contributed by atoms with E-state index >= 15 is 0 Å². The van der Waals surface area contributed by atoms with Crippen molar-refractivity contribution in [2.75, 3.05) is 0 Å². The third kappa shape index (κ3) is 3.87. The summed E-state index contributed by atoms with van der Waals surface area (Å²) in [6.45, 7) is 13.5. The molecule has 0 spiro atoms. The van der Waals surface area contributed by atoms with Crippen molar-refractivity contribution >= 4 is 5.97 Å². The molecule has 4 nitrogen and oxygen atoms in total. The quantitative estimate of drug-likeness (QED) is 0.459. The third-order valence-corrected chi connectivity index (χ3v) is 11.1. The van der Waals surface area contributed by atoms with Crippen LogP contribution in [0.4, 0.5) is 0 Å². The summed E-state index contributed by atoms with van der Waals surface area (Å²) in [4.78, 5) is 11.2. The molecule has 0 saturated heterocycles. The molecular formula is C28H46O4. The van der Waals surface area contributed by atoms with Crippen molar-refractivity contribution in [1.29, 1.82) is 0 Å². The van der Waals surface area contributed by atoms with Crippen LogP contribution in [-0.4, -0.2) is 33.5 Å². The summed E-state index contributed by atoms with van der Waals surface area (Å²) in [6, 6.07) is 0. The van der Waals surface area contributed by atoms with E-state index in [-0.39, 0.29) is 35.4 Å². The van der Waals surface area contributed by atoms with Crippen molar-refractivity contribution in [3.8, 4) is 0 Å². The zero-order chi connectivity index (χ0) is 23.4. The number of aliphatic hydroxyl groups excluding tert-OH is 2. The second kappa shape index (κ2) is 8.73. The Morgan fingerprint density at radius 2 is 1.69 bits per heavy atom. The molecule has 0 bridgehead atoms. The Morgan fingerprint density at radius 1 is 1.03 bits per heavy atom.